The molecule has 0 aliphatic carbocycles. The van der Waals surface area contributed by atoms with Gasteiger partial charge in [0.1, 0.15) is 0 Å². The van der Waals surface area contributed by atoms with Gasteiger partial charge in [0.05, 0.1) is 6.67 Å². The Labute approximate surface area is 147 Å². The van der Waals surface area contributed by atoms with Crippen LogP contribution in [0.5, 0.6) is 0 Å². The number of benzene rings is 2. The van der Waals surface area contributed by atoms with Crippen LogP contribution in [0.2, 0.25) is 0 Å². The van der Waals surface area contributed by atoms with Crippen LogP contribution in [0, 0.1) is 0 Å². The average Bonchev–Trinajstić information content (AvgIpc) is 3.07. The SMILES string of the molecule is CCC.FB(F)F.[F-].c1ccc(N2CCN(c3ccccc3)C2)cc1. The fourth-order valence-electron chi connectivity index (χ4n) is 2.29. The summed E-state index contributed by atoms with van der Waals surface area (Å²) in [5.41, 5.74) is 2.62. The van der Waals surface area contributed by atoms with Gasteiger partial charge in [-0.1, -0.05) is 56.7 Å². The van der Waals surface area contributed by atoms with Crippen molar-refractivity contribution < 1.29 is 17.7 Å². The number of anilines is 2. The molecule has 0 N–H and O–H groups in total. The van der Waals surface area contributed by atoms with Crippen LogP contribution in [0.1, 0.15) is 20.3 Å². The minimum atomic E-state index is -3.67. The average molecular weight is 355 g/mol. The van der Waals surface area contributed by atoms with Crippen molar-refractivity contribution in [3.8, 4) is 0 Å². The highest BCUT2D eigenvalue weighted by Gasteiger charge is 2.19. The van der Waals surface area contributed by atoms with Gasteiger partial charge in [0.25, 0.3) is 0 Å². The monoisotopic (exact) mass is 355 g/mol. The first-order chi connectivity index (χ1) is 11.6. The second kappa shape index (κ2) is 13.2. The Bertz CT molecular complexity index is 495. The predicted octanol–water partition coefficient (Wildman–Crippen LogP) is 2.27. The van der Waals surface area contributed by atoms with Gasteiger partial charge in [0.2, 0.25) is 0 Å². The lowest BCUT2D eigenvalue weighted by molar-refractivity contribution is -0.00000775. The number of hydrogen-bond donors (Lipinski definition) is 0. The van der Waals surface area contributed by atoms with E-state index in [1.165, 1.54) is 17.8 Å². The molecule has 1 aliphatic rings. The van der Waals surface area contributed by atoms with Crippen molar-refractivity contribution in [2.75, 3.05) is 29.6 Å². The molecule has 7 heteroatoms. The maximum Gasteiger partial charge on any atom is 0.762 e. The van der Waals surface area contributed by atoms with E-state index in [0.717, 1.165) is 19.8 Å². The molecule has 3 rings (SSSR count). The Balaban J connectivity index is 0.000000626. The van der Waals surface area contributed by atoms with Gasteiger partial charge in [-0.15, -0.1) is 0 Å². The van der Waals surface area contributed by atoms with Crippen LogP contribution < -0.4 is 14.5 Å². The molecule has 0 radical (unpaired) electrons. The van der Waals surface area contributed by atoms with Gasteiger partial charge in [-0.2, -0.15) is 0 Å². The molecule has 25 heavy (non-hydrogen) atoms. The number of halogens is 4. The van der Waals surface area contributed by atoms with E-state index in [9.17, 15) is 12.9 Å². The summed E-state index contributed by atoms with van der Waals surface area (Å²) in [6.45, 7) is 7.42. The minimum Gasteiger partial charge on any atom is -1.00 e. The zero-order chi connectivity index (χ0) is 17.8. The van der Waals surface area contributed by atoms with Crippen LogP contribution in [-0.2, 0) is 0 Å². The maximum atomic E-state index is 9.67. The van der Waals surface area contributed by atoms with E-state index >= 15 is 0 Å². The summed E-state index contributed by atoms with van der Waals surface area (Å²) in [4.78, 5) is 4.82. The van der Waals surface area contributed by atoms with E-state index in [2.05, 4.69) is 84.3 Å². The van der Waals surface area contributed by atoms with Gasteiger partial charge in [-0.05, 0) is 24.3 Å². The fraction of sp³-hybridized carbons (Fsp3) is 0.333. The van der Waals surface area contributed by atoms with Gasteiger partial charge < -0.3 is 14.5 Å². The smallest absolute Gasteiger partial charge is 0.762 e. The first-order valence-electron chi connectivity index (χ1n) is 8.10. The van der Waals surface area contributed by atoms with E-state index < -0.39 is 7.54 Å². The molecule has 0 saturated carbocycles. The first kappa shape index (κ1) is 22.8. The topological polar surface area (TPSA) is 6.48 Å². The summed E-state index contributed by atoms with van der Waals surface area (Å²) in [5, 5.41) is 0. The van der Waals surface area contributed by atoms with Crippen molar-refractivity contribution in [2.45, 2.75) is 20.3 Å². The molecule has 0 spiro atoms. The molecular formula is C18H24BF4N2-. The normalized spacial score (nSPS) is 12.2. The van der Waals surface area contributed by atoms with Crippen molar-refractivity contribution in [1.29, 1.82) is 0 Å². The molecule has 1 aliphatic heterocycles. The number of hydrogen-bond acceptors (Lipinski definition) is 2. The summed E-state index contributed by atoms with van der Waals surface area (Å²) >= 11 is 0. The fourth-order valence-corrected chi connectivity index (χ4v) is 2.29. The van der Waals surface area contributed by atoms with Crippen LogP contribution in [0.3, 0.4) is 0 Å². The van der Waals surface area contributed by atoms with Crippen LogP contribution in [0.25, 0.3) is 0 Å². The van der Waals surface area contributed by atoms with Crippen LogP contribution in [0.4, 0.5) is 24.3 Å². The van der Waals surface area contributed by atoms with Crippen molar-refractivity contribution in [1.82, 2.24) is 0 Å². The van der Waals surface area contributed by atoms with Gasteiger partial charge >= 0.3 is 7.54 Å². The Kier molecular flexibility index (Phi) is 12.0. The Morgan fingerprint density at radius 2 is 1.04 bits per heavy atom. The van der Waals surface area contributed by atoms with E-state index in [1.807, 2.05) is 0 Å². The first-order valence-corrected chi connectivity index (χ1v) is 8.10. The molecule has 0 bridgehead atoms. The molecule has 2 aromatic carbocycles. The molecular weight excluding hydrogens is 331 g/mol. The molecule has 1 fully saturated rings. The van der Waals surface area contributed by atoms with E-state index in [1.54, 1.807) is 0 Å². The lowest BCUT2D eigenvalue weighted by Crippen LogP contribution is -3.00. The Hall–Kier alpha value is -2.18. The molecule has 2 nitrogen and oxygen atoms in total. The van der Waals surface area contributed by atoms with E-state index in [4.69, 9.17) is 0 Å². The lowest BCUT2D eigenvalue weighted by atomic mass is 10.3. The second-order valence-corrected chi connectivity index (χ2v) is 5.29. The summed E-state index contributed by atoms with van der Waals surface area (Å²) in [5.74, 6) is 0. The van der Waals surface area contributed by atoms with Gasteiger partial charge in [-0.3, -0.25) is 12.9 Å². The van der Waals surface area contributed by atoms with E-state index in [-0.39, 0.29) is 4.70 Å². The molecule has 0 unspecified atom stereocenters. The zero-order valence-electron chi connectivity index (χ0n) is 14.6. The molecule has 0 atom stereocenters. The van der Waals surface area contributed by atoms with Crippen molar-refractivity contribution in [3.63, 3.8) is 0 Å². The highest BCUT2D eigenvalue weighted by molar-refractivity contribution is 6.33. The molecule has 2 aromatic rings. The molecule has 1 heterocycles. The summed E-state index contributed by atoms with van der Waals surface area (Å²) in [6.07, 6.45) is 1.25. The third-order valence-corrected chi connectivity index (χ3v) is 3.22. The van der Waals surface area contributed by atoms with Gasteiger partial charge in [-0.25, -0.2) is 0 Å². The molecule has 1 saturated heterocycles. The predicted molar refractivity (Wildman–Crippen MR) is 97.5 cm³/mol. The highest BCUT2D eigenvalue weighted by atomic mass is 19.4. The molecule has 0 aromatic heterocycles. The summed E-state index contributed by atoms with van der Waals surface area (Å²) in [6, 6.07) is 21.2. The van der Waals surface area contributed by atoms with Crippen molar-refractivity contribution in [2.24, 2.45) is 0 Å². The Morgan fingerprint density at radius 3 is 1.32 bits per heavy atom. The van der Waals surface area contributed by atoms with Crippen LogP contribution in [0.15, 0.2) is 60.7 Å². The minimum absolute atomic E-state index is 0. The van der Waals surface area contributed by atoms with Crippen LogP contribution in [-0.4, -0.2) is 27.3 Å². The number of rotatable bonds is 2. The van der Waals surface area contributed by atoms with E-state index in [0.29, 0.717) is 0 Å². The molecule has 138 valence electrons. The van der Waals surface area contributed by atoms with Crippen molar-refractivity contribution >= 4 is 18.9 Å². The quantitative estimate of drug-likeness (QED) is 0.603. The third kappa shape index (κ3) is 9.03. The number of nitrogens with zero attached hydrogens (tertiary/aromatic N) is 2. The van der Waals surface area contributed by atoms with Crippen LogP contribution >= 0.6 is 0 Å². The lowest BCUT2D eigenvalue weighted by Gasteiger charge is -2.21. The summed E-state index contributed by atoms with van der Waals surface area (Å²) < 4.78 is 29.0. The zero-order valence-corrected chi connectivity index (χ0v) is 14.6. The number of para-hydroxylation sites is 2. The third-order valence-electron chi connectivity index (χ3n) is 3.22. The maximum absolute atomic E-state index is 9.67. The highest BCUT2D eigenvalue weighted by Crippen LogP contribution is 2.22. The van der Waals surface area contributed by atoms with Gasteiger partial charge in [0, 0.05) is 24.5 Å². The van der Waals surface area contributed by atoms with Gasteiger partial charge in [0.15, 0.2) is 0 Å². The Morgan fingerprint density at radius 1 is 0.760 bits per heavy atom. The second-order valence-electron chi connectivity index (χ2n) is 5.29. The summed E-state index contributed by atoms with van der Waals surface area (Å²) in [7, 11) is -3.67. The molecule has 0 amide bonds. The largest absolute Gasteiger partial charge is 1.00 e. The van der Waals surface area contributed by atoms with Crippen molar-refractivity contribution in [3.05, 3.63) is 60.7 Å². The standard InChI is InChI=1S/C15H16N2.C3H8.BF3.FH/c1-3-7-14(8-4-1)16-11-12-17(13-16)15-9-5-2-6-10-15;1-3-2;2-1(3)4;/h1-10H,11-13H2;3H2,1-2H3;;1H/p-1.